The number of aromatic hydroxyl groups is 1. The quantitative estimate of drug-likeness (QED) is 0.626. The van der Waals surface area contributed by atoms with Crippen molar-refractivity contribution >= 4 is 22.5 Å². The number of nitrogens with one attached hydrogen (secondary N) is 2. The number of anilines is 1. The van der Waals surface area contributed by atoms with Gasteiger partial charge in [0.1, 0.15) is 0 Å². The molecule has 3 rings (SSSR count). The Hall–Kier alpha value is -2.82. The number of H-pyrrole nitrogens is 1. The highest BCUT2D eigenvalue weighted by atomic mass is 19.1. The van der Waals surface area contributed by atoms with Crippen molar-refractivity contribution in [3.8, 4) is 5.75 Å². The van der Waals surface area contributed by atoms with Gasteiger partial charge in [-0.05, 0) is 18.2 Å². The van der Waals surface area contributed by atoms with Gasteiger partial charge in [0.05, 0.1) is 5.56 Å². The molecule has 0 aliphatic heterocycles. The number of phenolic OH excluding ortho intramolecular Hbond substituents is 1. The molecule has 0 atom stereocenters. The molecule has 0 saturated carbocycles. The summed E-state index contributed by atoms with van der Waals surface area (Å²) in [6.45, 7) is 0. The van der Waals surface area contributed by atoms with Crippen molar-refractivity contribution in [1.82, 2.24) is 4.98 Å². The van der Waals surface area contributed by atoms with Gasteiger partial charge in [0, 0.05) is 28.9 Å². The molecule has 0 radical (unpaired) electrons. The van der Waals surface area contributed by atoms with Gasteiger partial charge in [0.25, 0.3) is 5.91 Å². The fourth-order valence-electron chi connectivity index (χ4n) is 2.04. The molecule has 4 nitrogen and oxygen atoms in total. The van der Waals surface area contributed by atoms with E-state index in [0.29, 0.717) is 5.56 Å². The SMILES string of the molecule is O=C(Nc1ccc(O)c(F)c1)c1c[nH]c2ccccc12. The lowest BCUT2D eigenvalue weighted by Crippen LogP contribution is -2.11. The monoisotopic (exact) mass is 270 g/mol. The third-order valence-corrected chi connectivity index (χ3v) is 3.04. The van der Waals surface area contributed by atoms with E-state index in [4.69, 9.17) is 5.11 Å². The molecule has 5 heteroatoms. The van der Waals surface area contributed by atoms with Gasteiger partial charge >= 0.3 is 0 Å². The van der Waals surface area contributed by atoms with Gasteiger partial charge in [-0.25, -0.2) is 4.39 Å². The van der Waals surface area contributed by atoms with Gasteiger partial charge in [-0.15, -0.1) is 0 Å². The summed E-state index contributed by atoms with van der Waals surface area (Å²) in [5.41, 5.74) is 1.62. The fraction of sp³-hybridized carbons (Fsp3) is 0. The number of hydrogen-bond donors (Lipinski definition) is 3. The number of amides is 1. The Kier molecular flexibility index (Phi) is 2.87. The van der Waals surface area contributed by atoms with Crippen LogP contribution in [0.5, 0.6) is 5.75 Å². The maximum absolute atomic E-state index is 13.2. The standard InChI is InChI=1S/C15H11FN2O2/c16-12-7-9(5-6-14(12)19)18-15(20)11-8-17-13-4-2-1-3-10(11)13/h1-8,17,19H,(H,18,20). The topological polar surface area (TPSA) is 65.1 Å². The van der Waals surface area contributed by atoms with E-state index < -0.39 is 11.6 Å². The number of hydrogen-bond acceptors (Lipinski definition) is 2. The van der Waals surface area contributed by atoms with Gasteiger partial charge in [0.2, 0.25) is 0 Å². The third kappa shape index (κ3) is 2.09. The molecule has 3 N–H and O–H groups in total. The van der Waals surface area contributed by atoms with Crippen LogP contribution in [0.1, 0.15) is 10.4 Å². The number of aromatic amines is 1. The number of halogens is 1. The lowest BCUT2D eigenvalue weighted by atomic mass is 10.1. The number of benzene rings is 2. The molecule has 1 amide bonds. The van der Waals surface area contributed by atoms with Crippen molar-refractivity contribution in [1.29, 1.82) is 0 Å². The van der Waals surface area contributed by atoms with Crippen molar-refractivity contribution in [2.24, 2.45) is 0 Å². The van der Waals surface area contributed by atoms with Crippen molar-refractivity contribution in [2.75, 3.05) is 5.32 Å². The second kappa shape index (κ2) is 4.70. The summed E-state index contributed by atoms with van der Waals surface area (Å²) in [4.78, 5) is 15.2. The first-order valence-corrected chi connectivity index (χ1v) is 6.01. The van der Waals surface area contributed by atoms with E-state index in [2.05, 4.69) is 10.3 Å². The minimum Gasteiger partial charge on any atom is -0.505 e. The molecule has 0 fully saturated rings. The van der Waals surface area contributed by atoms with E-state index >= 15 is 0 Å². The summed E-state index contributed by atoms with van der Waals surface area (Å²) in [6.07, 6.45) is 1.61. The zero-order chi connectivity index (χ0) is 14.1. The second-order valence-corrected chi connectivity index (χ2v) is 4.37. The summed E-state index contributed by atoms with van der Waals surface area (Å²) in [6, 6.07) is 11.1. The first-order valence-electron chi connectivity index (χ1n) is 6.01. The maximum atomic E-state index is 13.2. The molecule has 0 aliphatic carbocycles. The van der Waals surface area contributed by atoms with E-state index in [1.807, 2.05) is 24.3 Å². The Morgan fingerprint density at radius 3 is 2.80 bits per heavy atom. The third-order valence-electron chi connectivity index (χ3n) is 3.04. The van der Waals surface area contributed by atoms with Crippen LogP contribution in [0.15, 0.2) is 48.7 Å². The molecule has 0 aliphatic rings. The zero-order valence-electron chi connectivity index (χ0n) is 10.4. The molecule has 20 heavy (non-hydrogen) atoms. The highest BCUT2D eigenvalue weighted by Crippen LogP contribution is 2.22. The molecule has 2 aromatic carbocycles. The van der Waals surface area contributed by atoms with Crippen molar-refractivity contribution < 1.29 is 14.3 Å². The summed E-state index contributed by atoms with van der Waals surface area (Å²) in [5.74, 6) is -1.57. The largest absolute Gasteiger partial charge is 0.505 e. The van der Waals surface area contributed by atoms with Gasteiger partial charge in [0.15, 0.2) is 11.6 Å². The van der Waals surface area contributed by atoms with Crippen LogP contribution in [-0.2, 0) is 0 Å². The first kappa shape index (κ1) is 12.2. The average Bonchev–Trinajstić information content (AvgIpc) is 2.87. The normalized spacial score (nSPS) is 10.7. The summed E-state index contributed by atoms with van der Waals surface area (Å²) < 4.78 is 13.2. The highest BCUT2D eigenvalue weighted by molar-refractivity contribution is 6.12. The number of carbonyl (C=O) groups excluding carboxylic acids is 1. The lowest BCUT2D eigenvalue weighted by molar-refractivity contribution is 0.102. The Bertz CT molecular complexity index is 795. The minimum absolute atomic E-state index is 0.288. The zero-order valence-corrected chi connectivity index (χ0v) is 10.4. The molecule has 1 aromatic heterocycles. The molecule has 3 aromatic rings. The lowest BCUT2D eigenvalue weighted by Gasteiger charge is -2.05. The van der Waals surface area contributed by atoms with Gasteiger partial charge in [-0.1, -0.05) is 18.2 Å². The van der Waals surface area contributed by atoms with Crippen LogP contribution in [0.2, 0.25) is 0 Å². The van der Waals surface area contributed by atoms with E-state index in [1.165, 1.54) is 12.1 Å². The summed E-state index contributed by atoms with van der Waals surface area (Å²) >= 11 is 0. The van der Waals surface area contributed by atoms with Gasteiger partial charge < -0.3 is 15.4 Å². The molecule has 0 bridgehead atoms. The molecule has 100 valence electrons. The van der Waals surface area contributed by atoms with Gasteiger partial charge in [-0.3, -0.25) is 4.79 Å². The Morgan fingerprint density at radius 2 is 2.00 bits per heavy atom. The van der Waals surface area contributed by atoms with E-state index in [1.54, 1.807) is 6.20 Å². The number of carbonyl (C=O) groups is 1. The number of phenols is 1. The van der Waals surface area contributed by atoms with Crippen LogP contribution in [0, 0.1) is 5.82 Å². The van der Waals surface area contributed by atoms with E-state index in [-0.39, 0.29) is 11.6 Å². The van der Waals surface area contributed by atoms with Crippen LogP contribution in [0.25, 0.3) is 10.9 Å². The van der Waals surface area contributed by atoms with Crippen molar-refractivity contribution in [3.63, 3.8) is 0 Å². The number of aromatic nitrogens is 1. The molecular formula is C15H11FN2O2. The minimum atomic E-state index is -0.776. The average molecular weight is 270 g/mol. The van der Waals surface area contributed by atoms with Crippen LogP contribution in [0.3, 0.4) is 0 Å². The molecule has 0 unspecified atom stereocenters. The van der Waals surface area contributed by atoms with E-state index in [9.17, 15) is 9.18 Å². The van der Waals surface area contributed by atoms with Gasteiger partial charge in [-0.2, -0.15) is 0 Å². The van der Waals surface area contributed by atoms with Crippen molar-refractivity contribution in [3.05, 3.63) is 60.0 Å². The second-order valence-electron chi connectivity index (χ2n) is 4.37. The molecule has 0 saturated heterocycles. The fourth-order valence-corrected chi connectivity index (χ4v) is 2.04. The molecule has 0 spiro atoms. The Morgan fingerprint density at radius 1 is 1.20 bits per heavy atom. The van der Waals surface area contributed by atoms with Crippen LogP contribution >= 0.6 is 0 Å². The van der Waals surface area contributed by atoms with E-state index in [0.717, 1.165) is 17.0 Å². The maximum Gasteiger partial charge on any atom is 0.257 e. The van der Waals surface area contributed by atoms with Crippen molar-refractivity contribution in [2.45, 2.75) is 0 Å². The number of rotatable bonds is 2. The Balaban J connectivity index is 1.91. The Labute approximate surface area is 113 Å². The predicted octanol–water partition coefficient (Wildman–Crippen LogP) is 3.26. The summed E-state index contributed by atoms with van der Waals surface area (Å²) in [5, 5.41) is 12.5. The highest BCUT2D eigenvalue weighted by Gasteiger charge is 2.12. The van der Waals surface area contributed by atoms with Crippen LogP contribution in [0.4, 0.5) is 10.1 Å². The molecule has 1 heterocycles. The predicted molar refractivity (Wildman–Crippen MR) is 74.3 cm³/mol. The van der Waals surface area contributed by atoms with Crippen LogP contribution in [-0.4, -0.2) is 16.0 Å². The molecular weight excluding hydrogens is 259 g/mol. The smallest absolute Gasteiger partial charge is 0.257 e. The first-order chi connectivity index (χ1) is 9.65. The van der Waals surface area contributed by atoms with Crippen LogP contribution < -0.4 is 5.32 Å². The summed E-state index contributed by atoms with van der Waals surface area (Å²) in [7, 11) is 0. The number of para-hydroxylation sites is 1. The number of fused-ring (bicyclic) bond motifs is 1.